The van der Waals surface area contributed by atoms with Crippen LogP contribution in [0.1, 0.15) is 30.5 Å². The lowest BCUT2D eigenvalue weighted by Gasteiger charge is -2.34. The molecule has 1 heteroatoms. The van der Waals surface area contributed by atoms with Gasteiger partial charge in [-0.2, -0.15) is 4.57 Å². The first kappa shape index (κ1) is 80.8. The normalized spacial score (nSPS) is 10.5. The second-order valence-electron chi connectivity index (χ2n) is 18.2. The minimum atomic E-state index is -1.03. The van der Waals surface area contributed by atoms with Crippen LogP contribution in [0.3, 0.4) is 0 Å². The van der Waals surface area contributed by atoms with Crippen LogP contribution in [0.2, 0.25) is 0 Å². The molecule has 0 saturated heterocycles. The number of pyridine rings is 1. The van der Waals surface area contributed by atoms with Crippen molar-refractivity contribution in [3.05, 3.63) is 53.2 Å². The fourth-order valence-corrected chi connectivity index (χ4v) is 8.55. The summed E-state index contributed by atoms with van der Waals surface area (Å²) in [5.74, 6) is 235. The summed E-state index contributed by atoms with van der Waals surface area (Å²) in [6.07, 6.45) is 12.1. The summed E-state index contributed by atoms with van der Waals surface area (Å²) in [5.41, 5.74) is 4.06. The van der Waals surface area contributed by atoms with Crippen molar-refractivity contribution in [2.75, 3.05) is 0 Å². The summed E-state index contributed by atoms with van der Waals surface area (Å²) in [4.78, 5) is 0. The van der Waals surface area contributed by atoms with Crippen molar-refractivity contribution < 1.29 is 4.57 Å². The molecule has 0 N–H and O–H groups in total. The maximum absolute atomic E-state index is 5.05. The van der Waals surface area contributed by atoms with E-state index in [0.29, 0.717) is 6.54 Å². The van der Waals surface area contributed by atoms with Crippen molar-refractivity contribution in [2.45, 2.75) is 25.8 Å². The molecular weight excluding hydrogens is 1350 g/mol. The van der Waals surface area contributed by atoms with Crippen LogP contribution < -0.4 is 4.57 Å². The number of fused-ring (bicyclic) bond motifs is 2. The second-order valence-corrected chi connectivity index (χ2v) is 18.2. The molecule has 2 heterocycles. The van der Waals surface area contributed by atoms with Crippen LogP contribution in [-0.2, 0) is 12.0 Å². The highest BCUT2D eigenvalue weighted by atomic mass is 15.0. The largest absolute Gasteiger partial charge is 0.217 e. The van der Waals surface area contributed by atoms with Crippen molar-refractivity contribution in [3.63, 3.8) is 0 Å². The number of benzene rings is 1. The summed E-state index contributed by atoms with van der Waals surface area (Å²) in [5, 5.41) is 0. The molecule has 1 aliphatic heterocycles. The molecule has 1 nitrogen and oxygen atoms in total. The predicted molar refractivity (Wildman–Crippen MR) is 437 cm³/mol. The molecular formula is C111H20N+. The van der Waals surface area contributed by atoms with Crippen molar-refractivity contribution in [1.29, 1.82) is 0 Å². The fraction of sp³-hybridized carbons (Fsp3) is 0.0721. The van der Waals surface area contributed by atoms with Gasteiger partial charge in [0.2, 0.25) is 5.69 Å². The Bertz CT molecular complexity index is 7740. The minimum absolute atomic E-state index is 0.643. The fourth-order valence-electron chi connectivity index (χ4n) is 8.55. The van der Waals surface area contributed by atoms with Crippen molar-refractivity contribution in [2.24, 2.45) is 23.7 Å². The molecule has 5 unspecified atom stereocenters. The monoisotopic (exact) mass is 1370 g/mol. The predicted octanol–water partition coefficient (Wildman–Crippen LogP) is 3.54. The van der Waals surface area contributed by atoms with Gasteiger partial charge in [0.1, 0.15) is 0 Å². The zero-order valence-electron chi connectivity index (χ0n) is 58.1. The first-order valence-electron chi connectivity index (χ1n) is 30.7. The van der Waals surface area contributed by atoms with Crippen LogP contribution in [0.15, 0.2) is 36.5 Å². The quantitative estimate of drug-likeness (QED) is 0.240. The van der Waals surface area contributed by atoms with E-state index in [1.165, 1.54) is 0 Å². The molecule has 1 fully saturated rings. The highest BCUT2D eigenvalue weighted by Crippen LogP contribution is 2.65. The smallest absolute Gasteiger partial charge is 0.194 e. The van der Waals surface area contributed by atoms with Gasteiger partial charge in [-0.05, 0) is 404 Å². The molecule has 2 aromatic rings. The van der Waals surface area contributed by atoms with Gasteiger partial charge in [0.25, 0.3) is 0 Å². The molecule has 1 aromatic heterocycles. The van der Waals surface area contributed by atoms with Gasteiger partial charge in [0, 0.05) is 136 Å². The topological polar surface area (TPSA) is 3.88 Å². The molecule has 112 heavy (non-hydrogen) atoms. The number of rotatable bonds is 0. The molecule has 5 rings (SSSR count). The van der Waals surface area contributed by atoms with Crippen LogP contribution in [0, 0.1) is 569 Å². The molecule has 1 aromatic carbocycles. The molecule has 0 bridgehead atoms. The van der Waals surface area contributed by atoms with Gasteiger partial charge in [0.15, 0.2) is 12.7 Å². The second kappa shape index (κ2) is 56.1. The molecule has 5 atom stereocenters. The lowest BCUT2D eigenvalue weighted by atomic mass is 9.64. The van der Waals surface area contributed by atoms with Gasteiger partial charge >= 0.3 is 0 Å². The lowest BCUT2D eigenvalue weighted by molar-refractivity contribution is -0.672. The highest BCUT2D eigenvalue weighted by molar-refractivity contribution is 5.83. The summed E-state index contributed by atoms with van der Waals surface area (Å²) in [7, 11) is 0. The number of hydrogen-bond donors (Lipinski definition) is 0. The zero-order valence-corrected chi connectivity index (χ0v) is 58.1. The Labute approximate surface area is 659 Å². The Morgan fingerprint density at radius 2 is 0.446 bits per heavy atom. The summed E-state index contributed by atoms with van der Waals surface area (Å²) in [6, 6.07) is 10.3. The van der Waals surface area contributed by atoms with Gasteiger partial charge in [-0.3, -0.25) is 0 Å². The first-order chi connectivity index (χ1) is 55.7. The van der Waals surface area contributed by atoms with Gasteiger partial charge in [-0.15, -0.1) is 12.8 Å². The van der Waals surface area contributed by atoms with Gasteiger partial charge < -0.3 is 0 Å². The van der Waals surface area contributed by atoms with Crippen molar-refractivity contribution >= 4 is 0 Å². The Hall–Kier alpha value is -21.9. The van der Waals surface area contributed by atoms with Crippen LogP contribution >= 0.6 is 0 Å². The number of terminal acetylenes is 2. The van der Waals surface area contributed by atoms with Crippen molar-refractivity contribution in [3.8, 4) is 557 Å². The Balaban J connectivity index is 1.62. The Kier molecular flexibility index (Phi) is 40.4. The van der Waals surface area contributed by atoms with Gasteiger partial charge in [-0.1, -0.05) is 53.7 Å². The third kappa shape index (κ3) is 32.2. The Morgan fingerprint density at radius 1 is 0.241 bits per heavy atom. The summed E-state index contributed by atoms with van der Waals surface area (Å²) in [6.45, 7) is 4.00. The van der Waals surface area contributed by atoms with Crippen LogP contribution in [0.5, 0.6) is 0 Å². The average Bonchev–Trinajstić information content (AvgIpc) is 1.50. The minimum Gasteiger partial charge on any atom is -0.194 e. The van der Waals surface area contributed by atoms with E-state index in [-0.39, 0.29) is 0 Å². The standard InChI is InChI=1S/C111H20N/c1-5-9-13-17-21-25-29-33-37-41-45-49-51-53-56-60-64-68-72-76-80-84-88-95-104-103(94-87-83-79-75-71-67-63-59-55-52-47-43-39-35-31-27-23-19-15-11-7-3)105(96-89-85-81-77-73-69-65-61-57-48-44-40-36-32-28-24-20-16-12-8-4)111(107-98-91-93-102-101-112-100-92-99-108(111)110(112)109(102)107)106(104)97-90-86-82-78-74-70-66-62-58-54-50-46-42-38-34-30-26-22-18-14-10-6-2/h2,4,91-93,98-100,103-106H,101H2,1,3H3/q+1. The number of nitrogens with zero attached hydrogens (tertiary/aromatic N) is 1. The Morgan fingerprint density at radius 3 is 0.679 bits per heavy atom. The molecule has 0 amide bonds. The van der Waals surface area contributed by atoms with Crippen LogP contribution in [0.4, 0.5) is 0 Å². The van der Waals surface area contributed by atoms with Crippen molar-refractivity contribution in [1.82, 2.24) is 0 Å². The van der Waals surface area contributed by atoms with E-state index in [1.54, 1.807) is 13.8 Å². The molecule has 468 valence electrons. The first-order valence-corrected chi connectivity index (χ1v) is 30.7. The van der Waals surface area contributed by atoms with E-state index in [4.69, 9.17) is 12.8 Å². The van der Waals surface area contributed by atoms with E-state index in [1.807, 2.05) is 18.3 Å². The van der Waals surface area contributed by atoms with Gasteiger partial charge in [-0.25, -0.2) is 0 Å². The number of hydrogen-bond acceptors (Lipinski definition) is 0. The average molecular weight is 1370 g/mol. The summed E-state index contributed by atoms with van der Waals surface area (Å²) < 4.78 is 2.21. The lowest BCUT2D eigenvalue weighted by Crippen LogP contribution is -2.40. The van der Waals surface area contributed by atoms with E-state index >= 15 is 0 Å². The molecule has 2 aliphatic carbocycles. The highest BCUT2D eigenvalue weighted by Gasteiger charge is 2.66. The zero-order chi connectivity index (χ0) is 78.9. The molecule has 1 spiro atoms. The third-order valence-corrected chi connectivity index (χ3v) is 12.0. The van der Waals surface area contributed by atoms with Crippen LogP contribution in [-0.4, -0.2) is 0 Å². The SMILES string of the molecule is C#CC#CC#CC#CC#CC#CC#CC#CC#CC#CC#CC#CC1C(C#CC#CC#CC#CC#CC#CC#CC#CC#CC#CC#CC#CC)C(C#CC#CC#CC#CC#CC#CC#CC#CC#CC#CC#CC)C(C#CC#CC#CC#CC#CC#CC#CC#CC#CC#CC#C)C12c1cccc3c1-c1c2ccc[n+]1C3. The van der Waals surface area contributed by atoms with E-state index in [2.05, 4.69) is 556 Å². The van der Waals surface area contributed by atoms with E-state index in [9.17, 15) is 0 Å². The molecule has 1 saturated carbocycles. The van der Waals surface area contributed by atoms with E-state index in [0.717, 1.165) is 27.9 Å². The van der Waals surface area contributed by atoms with E-state index < -0.39 is 29.1 Å². The van der Waals surface area contributed by atoms with Gasteiger partial charge in [0.05, 0.1) is 34.7 Å². The maximum atomic E-state index is 5.05. The molecule has 3 aliphatic rings. The molecule has 0 radical (unpaired) electrons. The van der Waals surface area contributed by atoms with Crippen LogP contribution in [0.25, 0.3) is 11.3 Å². The third-order valence-electron chi connectivity index (χ3n) is 12.0. The number of aromatic nitrogens is 1. The maximum Gasteiger partial charge on any atom is 0.217 e. The summed E-state index contributed by atoms with van der Waals surface area (Å²) >= 11 is 0.